The van der Waals surface area contributed by atoms with Gasteiger partial charge in [0.2, 0.25) is 0 Å². The van der Waals surface area contributed by atoms with Gasteiger partial charge in [-0.05, 0) is 48.3 Å². The van der Waals surface area contributed by atoms with Gasteiger partial charge in [0, 0.05) is 11.2 Å². The first-order valence-electron chi connectivity index (χ1n) is 7.41. The molecule has 0 amide bonds. The number of anilines is 1. The van der Waals surface area contributed by atoms with E-state index in [0.717, 1.165) is 22.2 Å². The average Bonchev–Trinajstić information content (AvgIpc) is 2.57. The second kappa shape index (κ2) is 7.06. The molecule has 0 bridgehead atoms. The lowest BCUT2D eigenvalue weighted by molar-refractivity contribution is 1.05. The molecule has 2 aromatic carbocycles. The van der Waals surface area contributed by atoms with Gasteiger partial charge in [0.05, 0.1) is 11.8 Å². The number of nitrogens with zero attached hydrogens (tertiary/aromatic N) is 1. The Morgan fingerprint density at radius 1 is 1.17 bits per heavy atom. The van der Waals surface area contributed by atoms with Crippen LogP contribution in [-0.4, -0.2) is 16.3 Å². The quantitative estimate of drug-likeness (QED) is 0.390. The Morgan fingerprint density at radius 3 is 2.75 bits per heavy atom. The second-order valence-electron chi connectivity index (χ2n) is 5.28. The first-order valence-corrected chi connectivity index (χ1v) is 7.82. The topological polar surface area (TPSA) is 69.3 Å². The van der Waals surface area contributed by atoms with E-state index < -0.39 is 0 Å². The maximum absolute atomic E-state index is 12.0. The summed E-state index contributed by atoms with van der Waals surface area (Å²) < 4.78 is 0. The highest BCUT2D eigenvalue weighted by atomic mass is 32.1. The van der Waals surface area contributed by atoms with Gasteiger partial charge in [-0.2, -0.15) is 5.10 Å². The highest BCUT2D eigenvalue weighted by Crippen LogP contribution is 2.12. The van der Waals surface area contributed by atoms with Gasteiger partial charge in [0.1, 0.15) is 0 Å². The van der Waals surface area contributed by atoms with Crippen LogP contribution < -0.4 is 16.3 Å². The smallest absolute Gasteiger partial charge is 0.257 e. The Kier molecular flexibility index (Phi) is 4.67. The van der Waals surface area contributed by atoms with Crippen molar-refractivity contribution in [3.05, 3.63) is 76.1 Å². The Morgan fingerprint density at radius 2 is 1.92 bits per heavy atom. The molecule has 0 unspecified atom stereocenters. The standard InChI is InChI=1S/C18H16N4OS/c1-12-6-2-4-8-15(12)21-18(24)22-19-11-14-10-13-7-3-5-9-16(13)20-17(14)23/h2-11H,1H3,(H,20,23)(H2,21,22,24)/b19-11+. The van der Waals surface area contributed by atoms with Crippen molar-refractivity contribution in [1.29, 1.82) is 0 Å². The van der Waals surface area contributed by atoms with Gasteiger partial charge >= 0.3 is 0 Å². The Balaban J connectivity index is 1.70. The number of pyridine rings is 1. The lowest BCUT2D eigenvalue weighted by atomic mass is 10.2. The van der Waals surface area contributed by atoms with Gasteiger partial charge < -0.3 is 10.3 Å². The van der Waals surface area contributed by atoms with Crippen molar-refractivity contribution >= 4 is 40.1 Å². The van der Waals surface area contributed by atoms with Crippen molar-refractivity contribution in [2.24, 2.45) is 5.10 Å². The zero-order valence-corrected chi connectivity index (χ0v) is 13.9. The van der Waals surface area contributed by atoms with Crippen LogP contribution in [0.4, 0.5) is 5.69 Å². The lowest BCUT2D eigenvalue weighted by Gasteiger charge is -2.09. The molecule has 0 aliphatic carbocycles. The molecule has 0 radical (unpaired) electrons. The van der Waals surface area contributed by atoms with E-state index in [9.17, 15) is 4.79 Å². The molecule has 0 saturated carbocycles. The number of para-hydroxylation sites is 2. The van der Waals surface area contributed by atoms with Gasteiger partial charge in [-0.25, -0.2) is 0 Å². The summed E-state index contributed by atoms with van der Waals surface area (Å²) in [4.78, 5) is 14.8. The number of rotatable bonds is 3. The molecule has 1 heterocycles. The molecule has 3 N–H and O–H groups in total. The van der Waals surface area contributed by atoms with E-state index in [4.69, 9.17) is 12.2 Å². The summed E-state index contributed by atoms with van der Waals surface area (Å²) in [6.45, 7) is 1.99. The number of H-pyrrole nitrogens is 1. The van der Waals surface area contributed by atoms with Crippen molar-refractivity contribution < 1.29 is 0 Å². The van der Waals surface area contributed by atoms with Crippen molar-refractivity contribution in [2.45, 2.75) is 6.92 Å². The van der Waals surface area contributed by atoms with E-state index in [1.54, 1.807) is 6.07 Å². The minimum absolute atomic E-state index is 0.197. The van der Waals surface area contributed by atoms with Crippen molar-refractivity contribution in [1.82, 2.24) is 10.4 Å². The fourth-order valence-corrected chi connectivity index (χ4v) is 2.45. The number of aryl methyl sites for hydroxylation is 1. The fraction of sp³-hybridized carbons (Fsp3) is 0.0556. The van der Waals surface area contributed by atoms with Crippen LogP contribution in [0, 0.1) is 6.92 Å². The Bertz CT molecular complexity index is 978. The van der Waals surface area contributed by atoms with Crippen LogP contribution in [0.3, 0.4) is 0 Å². The third-order valence-corrected chi connectivity index (χ3v) is 3.74. The molecular weight excluding hydrogens is 320 g/mol. The third-order valence-electron chi connectivity index (χ3n) is 3.55. The number of nitrogens with one attached hydrogen (secondary N) is 3. The Labute approximate surface area is 144 Å². The first kappa shape index (κ1) is 15.9. The molecule has 5 nitrogen and oxygen atoms in total. The molecule has 0 spiro atoms. The van der Waals surface area contributed by atoms with Crippen LogP contribution in [0.25, 0.3) is 10.9 Å². The number of hydrogen-bond donors (Lipinski definition) is 3. The minimum Gasteiger partial charge on any atom is -0.331 e. The summed E-state index contributed by atoms with van der Waals surface area (Å²) in [5, 5.41) is 8.40. The normalized spacial score (nSPS) is 10.9. The Hall–Kier alpha value is -2.99. The number of aromatic amines is 1. The SMILES string of the molecule is Cc1ccccc1NC(=S)N/N=C/c1cc2ccccc2[nH]c1=O. The van der Waals surface area contributed by atoms with Crippen molar-refractivity contribution in [3.63, 3.8) is 0 Å². The molecule has 0 aliphatic rings. The molecule has 120 valence electrons. The van der Waals surface area contributed by atoms with Crippen LogP contribution in [0.5, 0.6) is 0 Å². The molecule has 3 rings (SSSR count). The van der Waals surface area contributed by atoms with Gasteiger partial charge in [-0.3, -0.25) is 10.2 Å². The summed E-state index contributed by atoms with van der Waals surface area (Å²) >= 11 is 5.20. The molecule has 0 fully saturated rings. The molecular formula is C18H16N4OS. The highest BCUT2D eigenvalue weighted by Gasteiger charge is 2.01. The van der Waals surface area contributed by atoms with E-state index in [1.165, 1.54) is 6.21 Å². The predicted molar refractivity (Wildman–Crippen MR) is 103 cm³/mol. The number of thiocarbonyl (C=S) groups is 1. The van der Waals surface area contributed by atoms with E-state index in [-0.39, 0.29) is 5.56 Å². The van der Waals surface area contributed by atoms with Crippen molar-refractivity contribution in [3.8, 4) is 0 Å². The van der Waals surface area contributed by atoms with E-state index in [1.807, 2.05) is 55.5 Å². The largest absolute Gasteiger partial charge is 0.331 e. The number of hydrogen-bond acceptors (Lipinski definition) is 3. The van der Waals surface area contributed by atoms with Crippen LogP contribution in [0.1, 0.15) is 11.1 Å². The summed E-state index contributed by atoms with van der Waals surface area (Å²) in [6, 6.07) is 17.2. The zero-order chi connectivity index (χ0) is 16.9. The summed E-state index contributed by atoms with van der Waals surface area (Å²) in [5.41, 5.74) is 5.77. The van der Waals surface area contributed by atoms with E-state index in [0.29, 0.717) is 10.7 Å². The number of fused-ring (bicyclic) bond motifs is 1. The van der Waals surface area contributed by atoms with E-state index >= 15 is 0 Å². The molecule has 0 aliphatic heterocycles. The monoisotopic (exact) mass is 336 g/mol. The minimum atomic E-state index is -0.197. The van der Waals surface area contributed by atoms with Crippen LogP contribution in [0.15, 0.2) is 64.5 Å². The summed E-state index contributed by atoms with van der Waals surface area (Å²) in [6.07, 6.45) is 1.46. The zero-order valence-electron chi connectivity index (χ0n) is 13.0. The van der Waals surface area contributed by atoms with Gasteiger partial charge in [0.15, 0.2) is 5.11 Å². The van der Waals surface area contributed by atoms with Crippen molar-refractivity contribution in [2.75, 3.05) is 5.32 Å². The number of hydrazone groups is 1. The number of benzene rings is 2. The molecule has 6 heteroatoms. The first-order chi connectivity index (χ1) is 11.6. The molecule has 0 saturated heterocycles. The van der Waals surface area contributed by atoms with Gasteiger partial charge in [-0.15, -0.1) is 0 Å². The fourth-order valence-electron chi connectivity index (χ4n) is 2.28. The second-order valence-corrected chi connectivity index (χ2v) is 5.69. The predicted octanol–water partition coefficient (Wildman–Crippen LogP) is 3.16. The molecule has 24 heavy (non-hydrogen) atoms. The number of aromatic nitrogens is 1. The van der Waals surface area contributed by atoms with Crippen LogP contribution in [0.2, 0.25) is 0 Å². The van der Waals surface area contributed by atoms with Crippen LogP contribution >= 0.6 is 12.2 Å². The molecule has 1 aromatic heterocycles. The molecule has 3 aromatic rings. The summed E-state index contributed by atoms with van der Waals surface area (Å²) in [7, 11) is 0. The summed E-state index contributed by atoms with van der Waals surface area (Å²) in [5.74, 6) is 0. The van der Waals surface area contributed by atoms with Gasteiger partial charge in [-0.1, -0.05) is 36.4 Å². The van der Waals surface area contributed by atoms with Crippen LogP contribution in [-0.2, 0) is 0 Å². The maximum Gasteiger partial charge on any atom is 0.257 e. The molecule has 0 atom stereocenters. The maximum atomic E-state index is 12.0. The van der Waals surface area contributed by atoms with Gasteiger partial charge in [0.25, 0.3) is 5.56 Å². The highest BCUT2D eigenvalue weighted by molar-refractivity contribution is 7.80. The third kappa shape index (κ3) is 3.67. The van der Waals surface area contributed by atoms with E-state index in [2.05, 4.69) is 20.8 Å². The average molecular weight is 336 g/mol. The lowest BCUT2D eigenvalue weighted by Crippen LogP contribution is -2.24.